The van der Waals surface area contributed by atoms with E-state index in [1.165, 1.54) is 6.33 Å². The molecule has 7 nitrogen and oxygen atoms in total. The quantitative estimate of drug-likeness (QED) is 0.256. The monoisotopic (exact) mass is 548 g/mol. The minimum Gasteiger partial charge on any atom is -0.413 e. The van der Waals surface area contributed by atoms with E-state index in [4.69, 9.17) is 41.8 Å². The molecule has 0 spiro atoms. The van der Waals surface area contributed by atoms with E-state index in [9.17, 15) is 0 Å². The van der Waals surface area contributed by atoms with Crippen LogP contribution in [0.2, 0.25) is 28.3 Å². The molecule has 10 heteroatoms. The minimum atomic E-state index is -1.92. The Kier molecular flexibility index (Phi) is 6.56. The van der Waals surface area contributed by atoms with Gasteiger partial charge in [-0.25, -0.2) is 9.97 Å². The number of aromatic nitrogens is 3. The summed E-state index contributed by atoms with van der Waals surface area (Å²) in [6.45, 7) is 15.4. The third-order valence-corrected chi connectivity index (χ3v) is 12.6. The van der Waals surface area contributed by atoms with Gasteiger partial charge in [0.2, 0.25) is 0 Å². The summed E-state index contributed by atoms with van der Waals surface area (Å²) in [5.41, 5.74) is 2.42. The summed E-state index contributed by atoms with van der Waals surface area (Å²) in [7, 11) is -1.92. The molecule has 4 heterocycles. The fourth-order valence-electron chi connectivity index (χ4n) is 4.51. The van der Waals surface area contributed by atoms with Crippen LogP contribution in [0.4, 0.5) is 0 Å². The van der Waals surface area contributed by atoms with Crippen molar-refractivity contribution in [1.82, 2.24) is 14.5 Å². The highest BCUT2D eigenvalue weighted by atomic mass is 35.5. The van der Waals surface area contributed by atoms with Gasteiger partial charge in [-0.15, -0.1) is 0 Å². The molecule has 5 rings (SSSR count). The van der Waals surface area contributed by atoms with Gasteiger partial charge in [0.05, 0.1) is 12.0 Å². The number of hydrogen-bond donors (Lipinski definition) is 0. The molecule has 0 N–H and O–H groups in total. The number of hydrogen-bond acceptors (Lipinski definition) is 6. The fraction of sp³-hybridized carbons (Fsp3) is 0.538. The van der Waals surface area contributed by atoms with E-state index in [1.54, 1.807) is 6.07 Å². The summed E-state index contributed by atoms with van der Waals surface area (Å²) in [5, 5.41) is 1.82. The molecule has 4 atom stereocenters. The Morgan fingerprint density at radius 1 is 1.17 bits per heavy atom. The van der Waals surface area contributed by atoms with Crippen molar-refractivity contribution in [2.45, 2.75) is 89.7 Å². The van der Waals surface area contributed by atoms with Crippen molar-refractivity contribution in [2.24, 2.45) is 0 Å². The molecule has 193 valence electrons. The first kappa shape index (κ1) is 26.1. The van der Waals surface area contributed by atoms with E-state index in [0.29, 0.717) is 22.4 Å². The Morgan fingerprint density at radius 2 is 1.89 bits per heavy atom. The number of fused-ring (bicyclic) bond motifs is 2. The zero-order valence-corrected chi connectivity index (χ0v) is 24.1. The summed E-state index contributed by atoms with van der Waals surface area (Å²) >= 11 is 13.0. The topological polar surface area (TPSA) is 67.6 Å². The van der Waals surface area contributed by atoms with Crippen molar-refractivity contribution < 1.29 is 18.6 Å². The molecule has 0 bridgehead atoms. The second-order valence-corrected chi connectivity index (χ2v) is 17.0. The molecule has 1 aromatic carbocycles. The van der Waals surface area contributed by atoms with E-state index < -0.39 is 26.4 Å². The highest BCUT2D eigenvalue weighted by Crippen LogP contribution is 2.51. The zero-order valence-electron chi connectivity index (χ0n) is 21.6. The first-order valence-corrected chi connectivity index (χ1v) is 15.8. The average Bonchev–Trinajstić information content (AvgIpc) is 3.44. The van der Waals surface area contributed by atoms with Gasteiger partial charge in [-0.1, -0.05) is 44.0 Å². The molecule has 3 aromatic rings. The molecule has 1 radical (unpaired) electrons. The average molecular weight is 550 g/mol. The third-order valence-electron chi connectivity index (χ3n) is 7.45. The third kappa shape index (κ3) is 4.62. The van der Waals surface area contributed by atoms with E-state index in [1.807, 2.05) is 36.7 Å². The fourth-order valence-corrected chi connectivity index (χ4v) is 5.87. The molecule has 2 fully saturated rings. The standard InChI is InChI=1S/C26H32Cl2N3O4Si/c1-25(2,3)36(6,7)32-13-15-8-9-18(27)17(12-15)19-20-21(35-26(4,5)34-20)24(33-19)31-11-10-16-22(28)29-14-30-23(16)31/h9-12,14,19-21,24H,13H2,1-7H3/t19-,20-,21+,24+/m0/s1. The summed E-state index contributed by atoms with van der Waals surface area (Å²) in [6, 6.07) is 8.95. The van der Waals surface area contributed by atoms with Crippen LogP contribution in [0, 0.1) is 6.07 Å². The molecular weight excluding hydrogens is 517 g/mol. The van der Waals surface area contributed by atoms with Gasteiger partial charge in [0.25, 0.3) is 0 Å². The maximum atomic E-state index is 6.70. The van der Waals surface area contributed by atoms with Gasteiger partial charge in [0.15, 0.2) is 20.3 Å². The number of benzene rings is 1. The van der Waals surface area contributed by atoms with Gasteiger partial charge in [0, 0.05) is 16.8 Å². The van der Waals surface area contributed by atoms with Crippen molar-refractivity contribution >= 4 is 42.6 Å². The van der Waals surface area contributed by atoms with Gasteiger partial charge in [-0.05, 0) is 61.8 Å². The van der Waals surface area contributed by atoms with Crippen molar-refractivity contribution in [1.29, 1.82) is 0 Å². The first-order valence-electron chi connectivity index (χ1n) is 12.1. The van der Waals surface area contributed by atoms with Crippen LogP contribution in [0.15, 0.2) is 30.7 Å². The molecule has 0 amide bonds. The van der Waals surface area contributed by atoms with Crippen LogP contribution in [0.25, 0.3) is 11.0 Å². The SMILES string of the molecule is CC1(C)O[C@@H]2[C@@H](O1)[C@H](c1cc(CO[Si](C)(C)C(C)(C)C)[c]cc1Cl)O[C@H]2n1ccc2c(Cl)ncnc21. The van der Waals surface area contributed by atoms with Gasteiger partial charge in [0.1, 0.15) is 35.4 Å². The van der Waals surface area contributed by atoms with Crippen LogP contribution in [0.5, 0.6) is 0 Å². The second kappa shape index (κ2) is 9.05. The first-order chi connectivity index (χ1) is 16.8. The molecule has 0 unspecified atom stereocenters. The molecule has 0 saturated carbocycles. The van der Waals surface area contributed by atoms with Gasteiger partial charge in [-0.2, -0.15) is 0 Å². The molecule has 0 aliphatic carbocycles. The summed E-state index contributed by atoms with van der Waals surface area (Å²) in [5.74, 6) is -0.771. The second-order valence-electron chi connectivity index (χ2n) is 11.4. The smallest absolute Gasteiger partial charge is 0.192 e. The summed E-state index contributed by atoms with van der Waals surface area (Å²) < 4.78 is 27.6. The van der Waals surface area contributed by atoms with Gasteiger partial charge in [-0.3, -0.25) is 0 Å². The van der Waals surface area contributed by atoms with Gasteiger partial charge >= 0.3 is 0 Å². The highest BCUT2D eigenvalue weighted by Gasteiger charge is 2.56. The number of halogens is 2. The number of nitrogens with zero attached hydrogens (tertiary/aromatic N) is 3. The number of rotatable bonds is 5. The van der Waals surface area contributed by atoms with Crippen LogP contribution in [0.3, 0.4) is 0 Å². The molecule has 2 aliphatic heterocycles. The van der Waals surface area contributed by atoms with Crippen LogP contribution < -0.4 is 0 Å². The normalized spacial score (nSPS) is 26.0. The lowest BCUT2D eigenvalue weighted by Crippen LogP contribution is -2.40. The van der Waals surface area contributed by atoms with E-state index in [-0.39, 0.29) is 17.2 Å². The van der Waals surface area contributed by atoms with Crippen molar-refractivity contribution in [3.63, 3.8) is 0 Å². The number of ether oxygens (including phenoxy) is 3. The lowest BCUT2D eigenvalue weighted by Gasteiger charge is -2.36. The Hall–Kier alpha value is -1.52. The maximum Gasteiger partial charge on any atom is 0.192 e. The Morgan fingerprint density at radius 3 is 2.61 bits per heavy atom. The molecule has 36 heavy (non-hydrogen) atoms. The van der Waals surface area contributed by atoms with Crippen LogP contribution in [-0.2, 0) is 25.2 Å². The predicted molar refractivity (Wildman–Crippen MR) is 141 cm³/mol. The minimum absolute atomic E-state index is 0.115. The zero-order chi connectivity index (χ0) is 26.0. The highest BCUT2D eigenvalue weighted by molar-refractivity contribution is 6.74. The predicted octanol–water partition coefficient (Wildman–Crippen LogP) is 6.85. The van der Waals surface area contributed by atoms with Crippen molar-refractivity contribution in [3.05, 3.63) is 58.1 Å². The van der Waals surface area contributed by atoms with Crippen LogP contribution in [-0.4, -0.2) is 40.8 Å². The van der Waals surface area contributed by atoms with Gasteiger partial charge < -0.3 is 23.2 Å². The summed E-state index contributed by atoms with van der Waals surface area (Å²) in [4.78, 5) is 8.53. The van der Waals surface area contributed by atoms with E-state index in [0.717, 1.165) is 16.5 Å². The van der Waals surface area contributed by atoms with Crippen molar-refractivity contribution in [2.75, 3.05) is 0 Å². The molecule has 2 saturated heterocycles. The molecular formula is C26H32Cl2N3O4Si. The van der Waals surface area contributed by atoms with Crippen LogP contribution in [0.1, 0.15) is 58.1 Å². The van der Waals surface area contributed by atoms with Crippen molar-refractivity contribution in [3.8, 4) is 0 Å². The Balaban J connectivity index is 1.48. The van der Waals surface area contributed by atoms with E-state index in [2.05, 4.69) is 49.9 Å². The maximum absolute atomic E-state index is 6.70. The Labute approximate surface area is 223 Å². The lowest BCUT2D eigenvalue weighted by atomic mass is 10.0. The van der Waals surface area contributed by atoms with Crippen LogP contribution >= 0.6 is 23.2 Å². The Bertz CT molecular complexity index is 1290. The molecule has 2 aliphatic rings. The summed E-state index contributed by atoms with van der Waals surface area (Å²) in [6.07, 6.45) is 1.65. The molecule has 2 aromatic heterocycles. The van der Waals surface area contributed by atoms with E-state index >= 15 is 0 Å². The lowest BCUT2D eigenvalue weighted by molar-refractivity contribution is -0.197. The largest absolute Gasteiger partial charge is 0.413 e.